The van der Waals surface area contributed by atoms with E-state index in [1.165, 1.54) is 11.3 Å². The molecule has 18 heavy (non-hydrogen) atoms. The van der Waals surface area contributed by atoms with E-state index in [9.17, 15) is 4.79 Å². The van der Waals surface area contributed by atoms with Crippen molar-refractivity contribution in [2.45, 2.75) is 6.54 Å². The average molecular weight is 328 g/mol. The molecule has 2 rings (SSSR count). The third kappa shape index (κ3) is 3.03. The molecule has 0 spiro atoms. The van der Waals surface area contributed by atoms with Gasteiger partial charge in [0.1, 0.15) is 0 Å². The number of nitrogens with one attached hydrogen (secondary N) is 2. The zero-order valence-electron chi connectivity index (χ0n) is 9.18. The van der Waals surface area contributed by atoms with Crippen molar-refractivity contribution in [2.75, 3.05) is 5.43 Å². The van der Waals surface area contributed by atoms with Crippen LogP contribution in [0.5, 0.6) is 0 Å². The predicted octanol–water partition coefficient (Wildman–Crippen LogP) is 1.52. The van der Waals surface area contributed by atoms with Gasteiger partial charge < -0.3 is 10.7 Å². The highest BCUT2D eigenvalue weighted by Gasteiger charge is 2.12. The maximum absolute atomic E-state index is 12.0. The van der Waals surface area contributed by atoms with Crippen molar-refractivity contribution in [2.24, 2.45) is 5.84 Å². The Bertz CT molecular complexity index is 545. The predicted molar refractivity (Wildman–Crippen MR) is 73.0 cm³/mol. The van der Waals surface area contributed by atoms with Crippen molar-refractivity contribution < 1.29 is 4.79 Å². The van der Waals surface area contributed by atoms with Gasteiger partial charge in [0.05, 0.1) is 23.3 Å². The number of pyridine rings is 1. The van der Waals surface area contributed by atoms with Gasteiger partial charge in [-0.1, -0.05) is 0 Å². The Morgan fingerprint density at radius 2 is 2.33 bits per heavy atom. The molecule has 0 aromatic carbocycles. The van der Waals surface area contributed by atoms with Crippen molar-refractivity contribution in [3.05, 3.63) is 38.9 Å². The van der Waals surface area contributed by atoms with Gasteiger partial charge in [0.2, 0.25) is 0 Å². The third-order valence-corrected chi connectivity index (χ3v) is 3.22. The molecule has 6 nitrogen and oxygen atoms in total. The molecule has 2 aromatic heterocycles. The zero-order chi connectivity index (χ0) is 13.0. The Balaban J connectivity index is 2.10. The number of thiazole rings is 1. The molecule has 0 bridgehead atoms. The first-order valence-electron chi connectivity index (χ1n) is 4.98. The number of halogens is 1. The van der Waals surface area contributed by atoms with Crippen LogP contribution in [0.25, 0.3) is 0 Å². The van der Waals surface area contributed by atoms with E-state index < -0.39 is 0 Å². The van der Waals surface area contributed by atoms with Gasteiger partial charge in [-0.05, 0) is 22.0 Å². The highest BCUT2D eigenvalue weighted by Crippen LogP contribution is 2.17. The van der Waals surface area contributed by atoms with Gasteiger partial charge in [0, 0.05) is 16.0 Å². The number of amides is 1. The molecular weight excluding hydrogens is 318 g/mol. The summed E-state index contributed by atoms with van der Waals surface area (Å²) in [5.74, 6) is 5.38. The number of carbonyl (C=O) groups is 1. The lowest BCUT2D eigenvalue weighted by Crippen LogP contribution is -2.25. The van der Waals surface area contributed by atoms with E-state index in [0.29, 0.717) is 22.4 Å². The van der Waals surface area contributed by atoms with Crippen LogP contribution in [0, 0.1) is 0 Å². The SMILES string of the molecule is NNc1ncc(Br)cc1C(=O)NCc1cscn1. The molecular formula is C10H10BrN5OS. The lowest BCUT2D eigenvalue weighted by atomic mass is 10.2. The number of aromatic nitrogens is 2. The minimum Gasteiger partial charge on any atom is -0.346 e. The van der Waals surface area contributed by atoms with E-state index in [1.807, 2.05) is 5.38 Å². The summed E-state index contributed by atoms with van der Waals surface area (Å²) in [6.45, 7) is 0.374. The van der Waals surface area contributed by atoms with Crippen LogP contribution in [0.4, 0.5) is 5.82 Å². The molecule has 0 atom stereocenters. The summed E-state index contributed by atoms with van der Waals surface area (Å²) in [5.41, 5.74) is 5.30. The minimum absolute atomic E-state index is 0.259. The van der Waals surface area contributed by atoms with E-state index >= 15 is 0 Å². The first kappa shape index (κ1) is 12.9. The number of hydrogen-bond donors (Lipinski definition) is 3. The van der Waals surface area contributed by atoms with Gasteiger partial charge in [0.25, 0.3) is 5.91 Å². The van der Waals surface area contributed by atoms with E-state index in [2.05, 4.69) is 36.6 Å². The molecule has 8 heteroatoms. The van der Waals surface area contributed by atoms with Gasteiger partial charge >= 0.3 is 0 Å². The lowest BCUT2D eigenvalue weighted by Gasteiger charge is -2.08. The maximum atomic E-state index is 12.0. The van der Waals surface area contributed by atoms with Crippen molar-refractivity contribution >= 4 is 39.0 Å². The van der Waals surface area contributed by atoms with Crippen LogP contribution in [0.1, 0.15) is 16.1 Å². The molecule has 0 unspecified atom stereocenters. The molecule has 0 radical (unpaired) electrons. The van der Waals surface area contributed by atoms with Crippen molar-refractivity contribution in [3.63, 3.8) is 0 Å². The molecule has 0 fully saturated rings. The minimum atomic E-state index is -0.259. The standard InChI is InChI=1S/C10H10BrN5OS/c11-6-1-8(9(16-12)13-2-6)10(17)14-3-7-4-18-5-15-7/h1-2,4-5H,3,12H2,(H,13,16)(H,14,17). The summed E-state index contributed by atoms with van der Waals surface area (Å²) >= 11 is 4.74. The van der Waals surface area contributed by atoms with Crippen LogP contribution < -0.4 is 16.6 Å². The van der Waals surface area contributed by atoms with Gasteiger partial charge in [0.15, 0.2) is 5.82 Å². The van der Waals surface area contributed by atoms with Crippen LogP contribution in [0.2, 0.25) is 0 Å². The second-order valence-corrected chi connectivity index (χ2v) is 4.99. The monoisotopic (exact) mass is 327 g/mol. The first-order valence-corrected chi connectivity index (χ1v) is 6.71. The molecule has 2 heterocycles. The van der Waals surface area contributed by atoms with Crippen LogP contribution in [-0.4, -0.2) is 15.9 Å². The number of nitrogens with two attached hydrogens (primary N) is 1. The van der Waals surface area contributed by atoms with Crippen LogP contribution in [-0.2, 0) is 6.54 Å². The van der Waals surface area contributed by atoms with E-state index in [-0.39, 0.29) is 5.91 Å². The Morgan fingerprint density at radius 1 is 1.50 bits per heavy atom. The van der Waals surface area contributed by atoms with Crippen molar-refractivity contribution in [1.82, 2.24) is 15.3 Å². The number of rotatable bonds is 4. The van der Waals surface area contributed by atoms with Gasteiger partial charge in [-0.3, -0.25) is 4.79 Å². The topological polar surface area (TPSA) is 92.9 Å². The molecule has 0 saturated heterocycles. The van der Waals surface area contributed by atoms with E-state index in [1.54, 1.807) is 17.8 Å². The fraction of sp³-hybridized carbons (Fsp3) is 0.100. The molecule has 2 aromatic rings. The van der Waals surface area contributed by atoms with Gasteiger partial charge in [-0.25, -0.2) is 15.8 Å². The van der Waals surface area contributed by atoms with Crippen LogP contribution in [0.3, 0.4) is 0 Å². The number of nitrogens with zero attached hydrogens (tertiary/aromatic N) is 2. The van der Waals surface area contributed by atoms with Crippen LogP contribution in [0.15, 0.2) is 27.6 Å². The molecule has 0 aliphatic rings. The van der Waals surface area contributed by atoms with Crippen LogP contribution >= 0.6 is 27.3 Å². The molecule has 1 amide bonds. The average Bonchev–Trinajstić information content (AvgIpc) is 2.89. The summed E-state index contributed by atoms with van der Waals surface area (Å²) in [6, 6.07) is 1.65. The quantitative estimate of drug-likeness (QED) is 0.584. The lowest BCUT2D eigenvalue weighted by molar-refractivity contribution is 0.0951. The first-order chi connectivity index (χ1) is 8.70. The summed E-state index contributed by atoms with van der Waals surface area (Å²) < 4.78 is 0.709. The highest BCUT2D eigenvalue weighted by atomic mass is 79.9. The second-order valence-electron chi connectivity index (χ2n) is 3.36. The number of hydrazine groups is 1. The smallest absolute Gasteiger partial charge is 0.255 e. The third-order valence-electron chi connectivity index (χ3n) is 2.15. The summed E-state index contributed by atoms with van der Waals surface area (Å²) in [7, 11) is 0. The Kier molecular flexibility index (Phi) is 4.24. The van der Waals surface area contributed by atoms with Gasteiger partial charge in [-0.15, -0.1) is 11.3 Å². The Morgan fingerprint density at radius 3 is 3.00 bits per heavy atom. The number of carbonyl (C=O) groups excluding carboxylic acids is 1. The number of nitrogen functional groups attached to an aromatic ring is 1. The van der Waals surface area contributed by atoms with Gasteiger partial charge in [-0.2, -0.15) is 0 Å². The number of anilines is 1. The molecule has 94 valence electrons. The molecule has 4 N–H and O–H groups in total. The fourth-order valence-corrected chi connectivity index (χ4v) is 2.21. The molecule has 0 aliphatic carbocycles. The Labute approximate surface area is 116 Å². The maximum Gasteiger partial charge on any atom is 0.255 e. The fourth-order valence-electron chi connectivity index (χ4n) is 1.32. The highest BCUT2D eigenvalue weighted by molar-refractivity contribution is 9.10. The van der Waals surface area contributed by atoms with Crippen molar-refractivity contribution in [3.8, 4) is 0 Å². The summed E-state index contributed by atoms with van der Waals surface area (Å²) in [4.78, 5) is 20.1. The summed E-state index contributed by atoms with van der Waals surface area (Å²) in [6.07, 6.45) is 1.56. The normalized spacial score (nSPS) is 10.1. The summed E-state index contributed by atoms with van der Waals surface area (Å²) in [5, 5.41) is 4.63. The zero-order valence-corrected chi connectivity index (χ0v) is 11.6. The van der Waals surface area contributed by atoms with E-state index in [4.69, 9.17) is 5.84 Å². The molecule has 0 aliphatic heterocycles. The largest absolute Gasteiger partial charge is 0.346 e. The van der Waals surface area contributed by atoms with E-state index in [0.717, 1.165) is 5.69 Å². The number of hydrogen-bond acceptors (Lipinski definition) is 6. The molecule has 0 saturated carbocycles. The second kappa shape index (κ2) is 5.89. The van der Waals surface area contributed by atoms with Crippen molar-refractivity contribution in [1.29, 1.82) is 0 Å². The Hall–Kier alpha value is -1.51.